The predicted molar refractivity (Wildman–Crippen MR) is 129 cm³/mol. The molecule has 0 aliphatic heterocycles. The van der Waals surface area contributed by atoms with Gasteiger partial charge in [-0.25, -0.2) is 9.07 Å². The fourth-order valence-corrected chi connectivity index (χ4v) is 3.27. The van der Waals surface area contributed by atoms with Crippen molar-refractivity contribution in [3.8, 4) is 28.8 Å². The van der Waals surface area contributed by atoms with Crippen LogP contribution in [0.15, 0.2) is 42.5 Å². The Morgan fingerprint density at radius 2 is 1.88 bits per heavy atom. The van der Waals surface area contributed by atoms with Crippen LogP contribution in [0.2, 0.25) is 5.02 Å². The minimum absolute atomic E-state index is 0. The maximum absolute atomic E-state index is 15.1. The fourth-order valence-electron chi connectivity index (χ4n) is 3.14. The highest BCUT2D eigenvalue weighted by molar-refractivity contribution is 6.30. The first-order valence-electron chi connectivity index (χ1n) is 9.77. The lowest BCUT2D eigenvalue weighted by Crippen LogP contribution is -2.41. The summed E-state index contributed by atoms with van der Waals surface area (Å²) in [4.78, 5) is 12.9. The molecule has 32 heavy (non-hydrogen) atoms. The van der Waals surface area contributed by atoms with E-state index in [1.807, 2.05) is 32.9 Å². The van der Waals surface area contributed by atoms with Crippen LogP contribution in [0, 0.1) is 24.6 Å². The first-order chi connectivity index (χ1) is 14.6. The standard InChI is InChI=1S/C24H24ClFN4O.ClH/c1-15-21(23(31)28-24(2,3)4)29-30(22(15)17-8-10-18(25)11-9-17)20-12-7-16(6-5-13-27)14-19(20)26;/h7-12,14H,13,27H2,1-4H3,(H,28,31);1H. The van der Waals surface area contributed by atoms with E-state index in [1.54, 1.807) is 31.2 Å². The van der Waals surface area contributed by atoms with Gasteiger partial charge in [0.2, 0.25) is 0 Å². The lowest BCUT2D eigenvalue weighted by Gasteiger charge is -2.19. The molecule has 3 aromatic rings. The van der Waals surface area contributed by atoms with Crippen molar-refractivity contribution in [3.63, 3.8) is 0 Å². The van der Waals surface area contributed by atoms with Crippen LogP contribution in [-0.4, -0.2) is 27.8 Å². The van der Waals surface area contributed by atoms with Gasteiger partial charge in [-0.3, -0.25) is 4.79 Å². The highest BCUT2D eigenvalue weighted by Gasteiger charge is 2.25. The highest BCUT2D eigenvalue weighted by atomic mass is 35.5. The molecular weight excluding hydrogens is 450 g/mol. The molecule has 3 N–H and O–H groups in total. The third kappa shape index (κ3) is 5.68. The molecule has 1 aromatic heterocycles. The van der Waals surface area contributed by atoms with Gasteiger partial charge in [0.25, 0.3) is 5.91 Å². The Balaban J connectivity index is 0.00000363. The number of nitrogens with two attached hydrogens (primary N) is 1. The molecule has 3 rings (SSSR count). The van der Waals surface area contributed by atoms with E-state index < -0.39 is 11.4 Å². The van der Waals surface area contributed by atoms with Gasteiger partial charge in [0, 0.05) is 27.3 Å². The molecular formula is C24H25Cl2FN4O. The van der Waals surface area contributed by atoms with Gasteiger partial charge in [-0.05, 0) is 58.0 Å². The van der Waals surface area contributed by atoms with Crippen LogP contribution in [-0.2, 0) is 0 Å². The fraction of sp³-hybridized carbons (Fsp3) is 0.250. The number of nitrogens with zero attached hydrogens (tertiary/aromatic N) is 2. The zero-order valence-electron chi connectivity index (χ0n) is 18.3. The number of amides is 1. The summed E-state index contributed by atoms with van der Waals surface area (Å²) in [7, 11) is 0. The average Bonchev–Trinajstić information content (AvgIpc) is 3.03. The zero-order valence-corrected chi connectivity index (χ0v) is 19.9. The molecule has 0 saturated carbocycles. The van der Waals surface area contributed by atoms with Gasteiger partial charge in [-0.1, -0.05) is 35.6 Å². The second-order valence-electron chi connectivity index (χ2n) is 8.12. The third-order valence-electron chi connectivity index (χ3n) is 4.45. The Morgan fingerprint density at radius 1 is 1.22 bits per heavy atom. The zero-order chi connectivity index (χ0) is 22.8. The van der Waals surface area contributed by atoms with E-state index in [9.17, 15) is 4.79 Å². The number of carbonyl (C=O) groups excluding carboxylic acids is 1. The number of hydrogen-bond donors (Lipinski definition) is 2. The summed E-state index contributed by atoms with van der Waals surface area (Å²) in [5.74, 6) is 4.68. The van der Waals surface area contributed by atoms with Crippen molar-refractivity contribution in [2.75, 3.05) is 6.54 Å². The van der Waals surface area contributed by atoms with Gasteiger partial charge in [0.1, 0.15) is 11.5 Å². The molecule has 2 aromatic carbocycles. The molecule has 0 atom stereocenters. The van der Waals surface area contributed by atoms with Crippen LogP contribution in [0.25, 0.3) is 16.9 Å². The van der Waals surface area contributed by atoms with E-state index in [1.165, 1.54) is 10.7 Å². The van der Waals surface area contributed by atoms with E-state index in [4.69, 9.17) is 17.3 Å². The SMILES string of the molecule is Cc1c(C(=O)NC(C)(C)C)nn(-c2ccc(C#CCN)cc2F)c1-c1ccc(Cl)cc1.Cl. The topological polar surface area (TPSA) is 72.9 Å². The second-order valence-corrected chi connectivity index (χ2v) is 8.55. The average molecular weight is 475 g/mol. The van der Waals surface area contributed by atoms with Gasteiger partial charge in [-0.2, -0.15) is 5.10 Å². The summed E-state index contributed by atoms with van der Waals surface area (Å²) >= 11 is 6.04. The van der Waals surface area contributed by atoms with Gasteiger partial charge in [-0.15, -0.1) is 12.4 Å². The Labute approximate surface area is 198 Å². The molecule has 1 heterocycles. The van der Waals surface area contributed by atoms with E-state index >= 15 is 4.39 Å². The first-order valence-corrected chi connectivity index (χ1v) is 10.2. The number of nitrogens with one attached hydrogen (secondary N) is 1. The van der Waals surface area contributed by atoms with E-state index in [-0.39, 0.29) is 36.2 Å². The first kappa shape index (κ1) is 25.4. The number of rotatable bonds is 3. The summed E-state index contributed by atoms with van der Waals surface area (Å²) in [5, 5.41) is 7.98. The summed E-state index contributed by atoms with van der Waals surface area (Å²) in [6.07, 6.45) is 0. The summed E-state index contributed by atoms with van der Waals surface area (Å²) in [6, 6.07) is 11.7. The van der Waals surface area contributed by atoms with Crippen molar-refractivity contribution in [1.29, 1.82) is 0 Å². The predicted octanol–water partition coefficient (Wildman–Crippen LogP) is 4.90. The monoisotopic (exact) mass is 474 g/mol. The Hall–Kier alpha value is -2.85. The van der Waals surface area contributed by atoms with Crippen LogP contribution in [0.3, 0.4) is 0 Å². The van der Waals surface area contributed by atoms with E-state index in [0.717, 1.165) is 5.56 Å². The van der Waals surface area contributed by atoms with Crippen molar-refractivity contribution in [1.82, 2.24) is 15.1 Å². The molecule has 0 bridgehead atoms. The molecule has 5 nitrogen and oxygen atoms in total. The largest absolute Gasteiger partial charge is 0.346 e. The molecule has 0 aliphatic rings. The van der Waals surface area contributed by atoms with Crippen LogP contribution < -0.4 is 11.1 Å². The van der Waals surface area contributed by atoms with Crippen molar-refractivity contribution >= 4 is 29.9 Å². The van der Waals surface area contributed by atoms with Crippen molar-refractivity contribution in [3.05, 3.63) is 70.1 Å². The Kier molecular flexibility index (Phi) is 8.08. The number of halogens is 3. The number of aromatic nitrogens is 2. The van der Waals surface area contributed by atoms with Crippen LogP contribution in [0.4, 0.5) is 4.39 Å². The highest BCUT2D eigenvalue weighted by Crippen LogP contribution is 2.31. The minimum Gasteiger partial charge on any atom is -0.346 e. The molecule has 1 amide bonds. The number of carbonyl (C=O) groups is 1. The maximum atomic E-state index is 15.1. The Bertz CT molecular complexity index is 1190. The second kappa shape index (κ2) is 10.2. The summed E-state index contributed by atoms with van der Waals surface area (Å²) in [5.41, 5.74) is 7.90. The molecule has 0 spiro atoms. The molecule has 0 saturated heterocycles. The van der Waals surface area contributed by atoms with Crippen molar-refractivity contribution in [2.45, 2.75) is 33.2 Å². The normalized spacial score (nSPS) is 10.7. The van der Waals surface area contributed by atoms with Gasteiger partial charge < -0.3 is 11.1 Å². The molecule has 0 radical (unpaired) electrons. The minimum atomic E-state index is -0.510. The smallest absolute Gasteiger partial charge is 0.272 e. The third-order valence-corrected chi connectivity index (χ3v) is 4.71. The van der Waals surface area contributed by atoms with Gasteiger partial charge >= 0.3 is 0 Å². The Morgan fingerprint density at radius 3 is 2.44 bits per heavy atom. The quantitative estimate of drug-likeness (QED) is 0.530. The van der Waals surface area contributed by atoms with Crippen LogP contribution >= 0.6 is 24.0 Å². The molecule has 0 aliphatic carbocycles. The lowest BCUT2D eigenvalue weighted by molar-refractivity contribution is 0.0913. The molecule has 0 fully saturated rings. The van der Waals surface area contributed by atoms with Gasteiger partial charge in [0.15, 0.2) is 5.69 Å². The number of hydrogen-bond acceptors (Lipinski definition) is 3. The molecule has 168 valence electrons. The van der Waals surface area contributed by atoms with Crippen LogP contribution in [0.5, 0.6) is 0 Å². The van der Waals surface area contributed by atoms with Gasteiger partial charge in [0.05, 0.1) is 12.2 Å². The molecule has 8 heteroatoms. The van der Waals surface area contributed by atoms with E-state index in [2.05, 4.69) is 22.3 Å². The van der Waals surface area contributed by atoms with E-state index in [0.29, 0.717) is 21.8 Å². The maximum Gasteiger partial charge on any atom is 0.272 e. The van der Waals surface area contributed by atoms with Crippen molar-refractivity contribution in [2.24, 2.45) is 5.73 Å². The lowest BCUT2D eigenvalue weighted by atomic mass is 10.0. The molecule has 0 unspecified atom stereocenters. The number of benzene rings is 2. The van der Waals surface area contributed by atoms with Crippen molar-refractivity contribution < 1.29 is 9.18 Å². The van der Waals surface area contributed by atoms with Crippen LogP contribution in [0.1, 0.15) is 42.4 Å². The summed E-state index contributed by atoms with van der Waals surface area (Å²) < 4.78 is 16.5. The summed E-state index contributed by atoms with van der Waals surface area (Å²) in [6.45, 7) is 7.65.